The average molecular weight is 435 g/mol. The highest BCUT2D eigenvalue weighted by molar-refractivity contribution is 6.02. The number of hydrazone groups is 1. The largest absolute Gasteiger partial charge is 0.500 e. The van der Waals surface area contributed by atoms with Gasteiger partial charge in [0.05, 0.1) is 25.6 Å². The lowest BCUT2D eigenvalue weighted by Gasteiger charge is -2.04. The van der Waals surface area contributed by atoms with Gasteiger partial charge in [-0.3, -0.25) is 4.79 Å². The molecule has 0 atom stereocenters. The number of aromatic nitrogens is 1. The first kappa shape index (κ1) is 22.2. The molecule has 0 radical (unpaired) electrons. The van der Waals surface area contributed by atoms with Crippen LogP contribution in [0.2, 0.25) is 0 Å². The number of methoxy groups -OCH3 is 1. The standard InChI is InChI=1S/C22H21N5O5/c1-3-32-22(30)20(28)19(26-25-15-8-10-16(31-2)11-9-15)21(29)27-24-13-14-12-23-18-7-5-4-6-17(14)18/h4-13,23,28H,3H2,1-2H3,(H,27,29). The van der Waals surface area contributed by atoms with Crippen LogP contribution in [0.15, 0.2) is 81.5 Å². The van der Waals surface area contributed by atoms with E-state index in [0.717, 1.165) is 16.5 Å². The molecule has 0 bridgehead atoms. The maximum atomic E-state index is 12.6. The van der Waals surface area contributed by atoms with Crippen LogP contribution in [0.25, 0.3) is 10.9 Å². The van der Waals surface area contributed by atoms with Gasteiger partial charge in [0.25, 0.3) is 5.91 Å². The van der Waals surface area contributed by atoms with E-state index in [1.165, 1.54) is 13.3 Å². The number of aromatic amines is 1. The number of aliphatic hydroxyl groups is 1. The number of ether oxygens (including phenoxy) is 2. The van der Waals surface area contributed by atoms with Gasteiger partial charge >= 0.3 is 5.97 Å². The van der Waals surface area contributed by atoms with E-state index in [1.54, 1.807) is 37.4 Å². The number of rotatable bonds is 8. The minimum atomic E-state index is -1.10. The van der Waals surface area contributed by atoms with Crippen molar-refractivity contribution in [2.24, 2.45) is 15.3 Å². The van der Waals surface area contributed by atoms with E-state index < -0.39 is 23.3 Å². The first-order valence-electron chi connectivity index (χ1n) is 9.59. The molecule has 0 unspecified atom stereocenters. The van der Waals surface area contributed by atoms with E-state index in [4.69, 9.17) is 9.47 Å². The number of benzene rings is 2. The topological polar surface area (TPSA) is 138 Å². The van der Waals surface area contributed by atoms with Gasteiger partial charge in [-0.2, -0.15) is 10.2 Å². The van der Waals surface area contributed by atoms with Crippen molar-refractivity contribution in [3.8, 4) is 5.75 Å². The third-order valence-corrected chi connectivity index (χ3v) is 4.24. The molecule has 0 fully saturated rings. The van der Waals surface area contributed by atoms with Crippen LogP contribution in [0, 0.1) is 0 Å². The molecule has 164 valence electrons. The summed E-state index contributed by atoms with van der Waals surface area (Å²) in [7, 11) is 1.52. The third-order valence-electron chi connectivity index (χ3n) is 4.24. The zero-order chi connectivity index (χ0) is 22.9. The SMILES string of the molecule is CCOC(=O)C(O)=C(N=Nc1ccc(OC)cc1)C(=O)NN=Cc1c[nH]c2ccccc12. The second-order valence-corrected chi connectivity index (χ2v) is 6.30. The second kappa shape index (κ2) is 10.5. The minimum absolute atomic E-state index is 0.00608. The van der Waals surface area contributed by atoms with E-state index in [-0.39, 0.29) is 6.61 Å². The summed E-state index contributed by atoms with van der Waals surface area (Å²) in [6.07, 6.45) is 3.16. The van der Waals surface area contributed by atoms with Crippen molar-refractivity contribution >= 4 is 34.7 Å². The zero-order valence-electron chi connectivity index (χ0n) is 17.4. The van der Waals surface area contributed by atoms with Crippen molar-refractivity contribution in [3.63, 3.8) is 0 Å². The van der Waals surface area contributed by atoms with Crippen molar-refractivity contribution in [2.45, 2.75) is 6.92 Å². The van der Waals surface area contributed by atoms with Crippen LogP contribution >= 0.6 is 0 Å². The van der Waals surface area contributed by atoms with E-state index in [2.05, 4.69) is 25.7 Å². The number of para-hydroxylation sites is 1. The monoisotopic (exact) mass is 435 g/mol. The van der Waals surface area contributed by atoms with E-state index in [0.29, 0.717) is 11.4 Å². The molecule has 0 aliphatic rings. The van der Waals surface area contributed by atoms with Crippen LogP contribution in [-0.2, 0) is 14.3 Å². The van der Waals surface area contributed by atoms with Gasteiger partial charge in [-0.25, -0.2) is 10.2 Å². The zero-order valence-corrected chi connectivity index (χ0v) is 17.4. The molecule has 2 aromatic carbocycles. The number of carbonyl (C=O) groups excluding carboxylic acids is 2. The van der Waals surface area contributed by atoms with Crippen molar-refractivity contribution < 1.29 is 24.2 Å². The lowest BCUT2D eigenvalue weighted by atomic mass is 10.2. The predicted octanol–water partition coefficient (Wildman–Crippen LogP) is 3.74. The molecule has 0 aliphatic carbocycles. The predicted molar refractivity (Wildman–Crippen MR) is 118 cm³/mol. The number of nitrogens with one attached hydrogen (secondary N) is 2. The molecular formula is C22H21N5O5. The molecule has 32 heavy (non-hydrogen) atoms. The Morgan fingerprint density at radius 2 is 1.91 bits per heavy atom. The Labute approximate surface area is 183 Å². The summed E-state index contributed by atoms with van der Waals surface area (Å²) >= 11 is 0. The smallest absolute Gasteiger partial charge is 0.376 e. The molecule has 10 nitrogen and oxygen atoms in total. The Morgan fingerprint density at radius 3 is 2.62 bits per heavy atom. The van der Waals surface area contributed by atoms with Gasteiger partial charge in [0.15, 0.2) is 0 Å². The molecule has 1 aromatic heterocycles. The van der Waals surface area contributed by atoms with Gasteiger partial charge in [-0.15, -0.1) is 5.11 Å². The molecule has 1 amide bonds. The number of azo groups is 1. The maximum absolute atomic E-state index is 12.6. The summed E-state index contributed by atoms with van der Waals surface area (Å²) in [6, 6.07) is 14.1. The maximum Gasteiger partial charge on any atom is 0.376 e. The van der Waals surface area contributed by atoms with Crippen molar-refractivity contribution in [3.05, 3.63) is 71.7 Å². The molecule has 1 heterocycles. The quantitative estimate of drug-likeness (QED) is 0.124. The highest BCUT2D eigenvalue weighted by atomic mass is 16.5. The molecule has 0 spiro atoms. The molecule has 0 aliphatic heterocycles. The molecular weight excluding hydrogens is 414 g/mol. The summed E-state index contributed by atoms with van der Waals surface area (Å²) in [4.78, 5) is 27.6. The van der Waals surface area contributed by atoms with Crippen LogP contribution in [0.1, 0.15) is 12.5 Å². The Morgan fingerprint density at radius 1 is 1.16 bits per heavy atom. The fraction of sp³-hybridized carbons (Fsp3) is 0.136. The van der Waals surface area contributed by atoms with Crippen molar-refractivity contribution in [2.75, 3.05) is 13.7 Å². The van der Waals surface area contributed by atoms with Gasteiger partial charge < -0.3 is 19.6 Å². The van der Waals surface area contributed by atoms with Gasteiger partial charge in [0.1, 0.15) is 5.75 Å². The number of hydrogen-bond donors (Lipinski definition) is 3. The summed E-state index contributed by atoms with van der Waals surface area (Å²) in [5.74, 6) is -2.42. The Kier molecular flexibility index (Phi) is 7.31. The molecule has 10 heteroatoms. The number of H-pyrrole nitrogens is 1. The molecule has 0 saturated carbocycles. The number of fused-ring (bicyclic) bond motifs is 1. The van der Waals surface area contributed by atoms with Crippen LogP contribution < -0.4 is 10.2 Å². The number of carbonyl (C=O) groups is 2. The highest BCUT2D eigenvalue weighted by Crippen LogP contribution is 2.20. The summed E-state index contributed by atoms with van der Waals surface area (Å²) in [5, 5.41) is 22.6. The van der Waals surface area contributed by atoms with E-state index in [9.17, 15) is 14.7 Å². The number of esters is 1. The van der Waals surface area contributed by atoms with Gasteiger partial charge in [-0.1, -0.05) is 18.2 Å². The Balaban J connectivity index is 1.81. The lowest BCUT2D eigenvalue weighted by Crippen LogP contribution is -2.22. The normalized spacial score (nSPS) is 12.2. The fourth-order valence-corrected chi connectivity index (χ4v) is 2.67. The number of amides is 1. The van der Waals surface area contributed by atoms with Gasteiger partial charge in [0, 0.05) is 22.7 Å². The van der Waals surface area contributed by atoms with Crippen LogP contribution in [0.3, 0.4) is 0 Å². The molecule has 3 N–H and O–H groups in total. The van der Waals surface area contributed by atoms with Crippen molar-refractivity contribution in [1.29, 1.82) is 0 Å². The van der Waals surface area contributed by atoms with Gasteiger partial charge in [-0.05, 0) is 37.3 Å². The lowest BCUT2D eigenvalue weighted by molar-refractivity contribution is -0.142. The number of hydrogen-bond acceptors (Lipinski definition) is 8. The van der Waals surface area contributed by atoms with Crippen LogP contribution in [0.5, 0.6) is 5.75 Å². The molecule has 3 rings (SSSR count). The highest BCUT2D eigenvalue weighted by Gasteiger charge is 2.22. The average Bonchev–Trinajstić information content (AvgIpc) is 3.22. The van der Waals surface area contributed by atoms with Crippen molar-refractivity contribution in [1.82, 2.24) is 10.4 Å². The minimum Gasteiger partial charge on any atom is -0.500 e. The van der Waals surface area contributed by atoms with Crippen LogP contribution in [0.4, 0.5) is 5.69 Å². The van der Waals surface area contributed by atoms with Crippen LogP contribution in [-0.4, -0.2) is 41.9 Å². The third kappa shape index (κ3) is 5.36. The Bertz CT molecular complexity index is 1190. The fourth-order valence-electron chi connectivity index (χ4n) is 2.67. The van der Waals surface area contributed by atoms with E-state index in [1.807, 2.05) is 24.3 Å². The molecule has 0 saturated heterocycles. The molecule has 3 aromatic rings. The first-order valence-corrected chi connectivity index (χ1v) is 9.59. The van der Waals surface area contributed by atoms with E-state index >= 15 is 0 Å². The number of aliphatic hydroxyl groups excluding tert-OH is 1. The second-order valence-electron chi connectivity index (χ2n) is 6.30. The summed E-state index contributed by atoms with van der Waals surface area (Å²) in [6.45, 7) is 1.57. The number of nitrogens with zero attached hydrogens (tertiary/aromatic N) is 3. The van der Waals surface area contributed by atoms with Gasteiger partial charge in [0.2, 0.25) is 11.5 Å². The summed E-state index contributed by atoms with van der Waals surface area (Å²) in [5.41, 5.74) is 3.61. The Hall–Kier alpha value is -4.47. The first-order chi connectivity index (χ1) is 15.5. The summed E-state index contributed by atoms with van der Waals surface area (Å²) < 4.78 is 9.81.